The molecule has 0 spiro atoms. The fourth-order valence-corrected chi connectivity index (χ4v) is 1.31. The van der Waals surface area contributed by atoms with Gasteiger partial charge in [-0.15, -0.1) is 0 Å². The van der Waals surface area contributed by atoms with E-state index in [1.165, 1.54) is 12.1 Å². The van der Waals surface area contributed by atoms with Crippen LogP contribution in [0.4, 0.5) is 5.82 Å². The van der Waals surface area contributed by atoms with Gasteiger partial charge < -0.3 is 20.9 Å². The number of nitrogens with one attached hydrogen (secondary N) is 1. The first-order valence-electron chi connectivity index (χ1n) is 5.31. The van der Waals surface area contributed by atoms with E-state index in [1.807, 2.05) is 0 Å². The number of carboxylic acid groups (broad SMARTS) is 1. The van der Waals surface area contributed by atoms with Gasteiger partial charge in [-0.3, -0.25) is 4.79 Å². The number of ether oxygens (including phenoxy) is 1. The number of hydrogen-bond donors (Lipinski definition) is 3. The molecule has 0 bridgehead atoms. The fourth-order valence-electron chi connectivity index (χ4n) is 1.31. The molecular formula is C11H15N3O4. The Labute approximate surface area is 104 Å². The maximum Gasteiger partial charge on any atom is 0.335 e. The molecule has 18 heavy (non-hydrogen) atoms. The molecule has 0 saturated carbocycles. The van der Waals surface area contributed by atoms with Crippen molar-refractivity contribution >= 4 is 17.7 Å². The van der Waals surface area contributed by atoms with Gasteiger partial charge in [-0.1, -0.05) is 0 Å². The van der Waals surface area contributed by atoms with Crippen LogP contribution in [0.5, 0.6) is 0 Å². The Morgan fingerprint density at radius 3 is 2.83 bits per heavy atom. The Bertz CT molecular complexity index is 448. The summed E-state index contributed by atoms with van der Waals surface area (Å²) in [5.74, 6) is -1.08. The number of aromatic nitrogens is 1. The number of primary amides is 1. The van der Waals surface area contributed by atoms with Crippen LogP contribution >= 0.6 is 0 Å². The largest absolute Gasteiger partial charge is 0.478 e. The first-order valence-corrected chi connectivity index (χ1v) is 5.31. The van der Waals surface area contributed by atoms with E-state index < -0.39 is 11.9 Å². The second kappa shape index (κ2) is 6.55. The second-order valence-corrected chi connectivity index (χ2v) is 3.63. The van der Waals surface area contributed by atoms with Gasteiger partial charge in [0.25, 0.3) is 0 Å². The number of carbonyl (C=O) groups excluding carboxylic acids is 1. The van der Waals surface area contributed by atoms with Gasteiger partial charge in [-0.2, -0.15) is 0 Å². The fraction of sp³-hybridized carbons (Fsp3) is 0.364. The van der Waals surface area contributed by atoms with Crippen molar-refractivity contribution in [3.63, 3.8) is 0 Å². The molecular weight excluding hydrogens is 238 g/mol. The molecule has 1 amide bonds. The smallest absolute Gasteiger partial charge is 0.335 e. The highest BCUT2D eigenvalue weighted by Gasteiger charge is 2.06. The zero-order chi connectivity index (χ0) is 13.5. The number of aromatic carboxylic acids is 1. The van der Waals surface area contributed by atoms with Crippen LogP contribution in [0.15, 0.2) is 12.1 Å². The van der Waals surface area contributed by atoms with Crippen molar-refractivity contribution in [1.29, 1.82) is 0 Å². The Kier molecular flexibility index (Phi) is 5.06. The molecule has 0 saturated heterocycles. The Hall–Kier alpha value is -2.15. The van der Waals surface area contributed by atoms with Crippen LogP contribution in [0.2, 0.25) is 0 Å². The number of anilines is 1. The third-order valence-electron chi connectivity index (χ3n) is 2.00. The third-order valence-corrected chi connectivity index (χ3v) is 2.00. The minimum absolute atomic E-state index is 0.136. The van der Waals surface area contributed by atoms with Crippen LogP contribution in [-0.2, 0) is 9.53 Å². The average molecular weight is 253 g/mol. The molecule has 98 valence electrons. The summed E-state index contributed by atoms with van der Waals surface area (Å²) in [7, 11) is 0. The number of carbonyl (C=O) groups is 2. The van der Waals surface area contributed by atoms with E-state index in [1.54, 1.807) is 6.92 Å². The zero-order valence-electron chi connectivity index (χ0n) is 9.97. The van der Waals surface area contributed by atoms with Crippen molar-refractivity contribution in [2.75, 3.05) is 25.1 Å². The maximum absolute atomic E-state index is 10.8. The molecule has 0 aliphatic rings. The summed E-state index contributed by atoms with van der Waals surface area (Å²) in [4.78, 5) is 25.3. The average Bonchev–Trinajstić information content (AvgIpc) is 2.27. The van der Waals surface area contributed by atoms with Crippen LogP contribution in [-0.4, -0.2) is 41.7 Å². The van der Waals surface area contributed by atoms with Crippen molar-refractivity contribution in [3.05, 3.63) is 23.4 Å². The van der Waals surface area contributed by atoms with Gasteiger partial charge in [0, 0.05) is 12.2 Å². The van der Waals surface area contributed by atoms with E-state index in [0.29, 0.717) is 18.1 Å². The molecule has 0 atom stereocenters. The van der Waals surface area contributed by atoms with E-state index in [9.17, 15) is 9.59 Å². The number of rotatable bonds is 7. The molecule has 1 rings (SSSR count). The standard InChI is InChI=1S/C11H15N3O4/c1-7-4-8(11(16)17)5-10(14-7)13-2-3-18-6-9(12)15/h4-5H,2-3,6H2,1H3,(H2,12,15)(H,13,14)(H,16,17). The van der Waals surface area contributed by atoms with E-state index >= 15 is 0 Å². The van der Waals surface area contributed by atoms with Gasteiger partial charge in [-0.25, -0.2) is 9.78 Å². The molecule has 4 N–H and O–H groups in total. The van der Waals surface area contributed by atoms with Gasteiger partial charge in [0.05, 0.1) is 12.2 Å². The van der Waals surface area contributed by atoms with Crippen LogP contribution < -0.4 is 11.1 Å². The normalized spacial score (nSPS) is 10.1. The van der Waals surface area contributed by atoms with Gasteiger partial charge in [0.1, 0.15) is 12.4 Å². The minimum Gasteiger partial charge on any atom is -0.478 e. The van der Waals surface area contributed by atoms with Gasteiger partial charge in [0.15, 0.2) is 0 Å². The molecule has 7 heteroatoms. The van der Waals surface area contributed by atoms with Gasteiger partial charge >= 0.3 is 5.97 Å². The topological polar surface area (TPSA) is 115 Å². The lowest BCUT2D eigenvalue weighted by Gasteiger charge is -2.07. The number of aryl methyl sites for hydroxylation is 1. The minimum atomic E-state index is -1.01. The molecule has 1 aromatic rings. The lowest BCUT2D eigenvalue weighted by Crippen LogP contribution is -2.20. The molecule has 0 aliphatic heterocycles. The molecule has 7 nitrogen and oxygen atoms in total. The van der Waals surface area contributed by atoms with Crippen molar-refractivity contribution in [2.45, 2.75) is 6.92 Å². The summed E-state index contributed by atoms with van der Waals surface area (Å²) in [5.41, 5.74) is 5.67. The van der Waals surface area contributed by atoms with E-state index in [-0.39, 0.29) is 18.8 Å². The van der Waals surface area contributed by atoms with Crippen LogP contribution in [0.25, 0.3) is 0 Å². The van der Waals surface area contributed by atoms with Crippen molar-refractivity contribution in [3.8, 4) is 0 Å². The van der Waals surface area contributed by atoms with Crippen molar-refractivity contribution in [1.82, 2.24) is 4.98 Å². The molecule has 0 unspecified atom stereocenters. The highest BCUT2D eigenvalue weighted by molar-refractivity contribution is 5.88. The Balaban J connectivity index is 2.47. The van der Waals surface area contributed by atoms with Crippen molar-refractivity contribution < 1.29 is 19.4 Å². The molecule has 0 aliphatic carbocycles. The SMILES string of the molecule is Cc1cc(C(=O)O)cc(NCCOCC(N)=O)n1. The second-order valence-electron chi connectivity index (χ2n) is 3.63. The molecule has 1 aromatic heterocycles. The number of hydrogen-bond acceptors (Lipinski definition) is 5. The molecule has 0 radical (unpaired) electrons. The van der Waals surface area contributed by atoms with Gasteiger partial charge in [-0.05, 0) is 19.1 Å². The number of pyridine rings is 1. The lowest BCUT2D eigenvalue weighted by molar-refractivity contribution is -0.122. The highest BCUT2D eigenvalue weighted by Crippen LogP contribution is 2.09. The van der Waals surface area contributed by atoms with Gasteiger partial charge in [0.2, 0.25) is 5.91 Å². The van der Waals surface area contributed by atoms with E-state index in [0.717, 1.165) is 0 Å². The lowest BCUT2D eigenvalue weighted by atomic mass is 10.2. The summed E-state index contributed by atoms with van der Waals surface area (Å²) in [5, 5.41) is 11.8. The highest BCUT2D eigenvalue weighted by atomic mass is 16.5. The number of nitrogens with two attached hydrogens (primary N) is 1. The van der Waals surface area contributed by atoms with E-state index in [2.05, 4.69) is 10.3 Å². The first kappa shape index (κ1) is 13.9. The summed E-state index contributed by atoms with van der Waals surface area (Å²) >= 11 is 0. The molecule has 0 fully saturated rings. The first-order chi connectivity index (χ1) is 8.49. The maximum atomic E-state index is 10.8. The zero-order valence-corrected chi connectivity index (χ0v) is 9.97. The predicted octanol–water partition coefficient (Wildman–Crippen LogP) is 0.00202. The summed E-state index contributed by atoms with van der Waals surface area (Å²) in [6.07, 6.45) is 0. The van der Waals surface area contributed by atoms with Crippen LogP contribution in [0, 0.1) is 6.92 Å². The Morgan fingerprint density at radius 2 is 2.22 bits per heavy atom. The summed E-state index contributed by atoms with van der Waals surface area (Å²) < 4.78 is 4.94. The quantitative estimate of drug-likeness (QED) is 0.589. The molecule has 1 heterocycles. The summed E-state index contributed by atoms with van der Waals surface area (Å²) in [6, 6.07) is 2.92. The monoisotopic (exact) mass is 253 g/mol. The van der Waals surface area contributed by atoms with Crippen molar-refractivity contribution in [2.24, 2.45) is 5.73 Å². The van der Waals surface area contributed by atoms with E-state index in [4.69, 9.17) is 15.6 Å². The summed E-state index contributed by atoms with van der Waals surface area (Å²) in [6.45, 7) is 2.26. The number of amides is 1. The number of carboxylic acids is 1. The third kappa shape index (κ3) is 4.79. The Morgan fingerprint density at radius 1 is 1.50 bits per heavy atom. The molecule has 0 aromatic carbocycles. The van der Waals surface area contributed by atoms with Crippen LogP contribution in [0.3, 0.4) is 0 Å². The number of nitrogens with zero attached hydrogens (tertiary/aromatic N) is 1. The van der Waals surface area contributed by atoms with Crippen LogP contribution in [0.1, 0.15) is 16.1 Å². The predicted molar refractivity (Wildman–Crippen MR) is 64.4 cm³/mol.